The molecule has 1 aromatic rings. The first kappa shape index (κ1) is 15.5. The smallest absolute Gasteiger partial charge is 0.329 e. The fourth-order valence-electron chi connectivity index (χ4n) is 2.46. The topological polar surface area (TPSA) is 66.8 Å². The van der Waals surface area contributed by atoms with Crippen molar-refractivity contribution in [2.45, 2.75) is 32.8 Å². The number of hydrogen-bond donors (Lipinski definition) is 1. The molecule has 0 atom stereocenters. The van der Waals surface area contributed by atoms with Crippen molar-refractivity contribution in [3.63, 3.8) is 0 Å². The summed E-state index contributed by atoms with van der Waals surface area (Å²) in [6.07, 6.45) is 0.371. The van der Waals surface area contributed by atoms with Crippen molar-refractivity contribution < 1.29 is 19.4 Å². The highest BCUT2D eigenvalue weighted by Crippen LogP contribution is 2.25. The van der Waals surface area contributed by atoms with Gasteiger partial charge in [-0.05, 0) is 37.5 Å². The number of benzene rings is 1. The Bertz CT molecular complexity index is 561. The third-order valence-corrected chi connectivity index (χ3v) is 3.87. The van der Waals surface area contributed by atoms with Crippen LogP contribution in [0.2, 0.25) is 0 Å². The van der Waals surface area contributed by atoms with Gasteiger partial charge in [-0.25, -0.2) is 4.79 Å². The summed E-state index contributed by atoms with van der Waals surface area (Å²) < 4.78 is 5.30. The molecule has 0 bridgehead atoms. The van der Waals surface area contributed by atoms with Crippen LogP contribution in [0.15, 0.2) is 18.2 Å². The second kappa shape index (κ2) is 5.85. The van der Waals surface area contributed by atoms with E-state index in [2.05, 4.69) is 0 Å². The van der Waals surface area contributed by atoms with Crippen molar-refractivity contribution in [2.75, 3.05) is 19.7 Å². The third kappa shape index (κ3) is 3.82. The number of nitrogens with zero attached hydrogens (tertiary/aromatic N) is 1. The van der Waals surface area contributed by atoms with Crippen LogP contribution >= 0.6 is 0 Å². The van der Waals surface area contributed by atoms with Gasteiger partial charge in [0, 0.05) is 0 Å². The van der Waals surface area contributed by atoms with Gasteiger partial charge in [-0.1, -0.05) is 18.2 Å². The maximum absolute atomic E-state index is 12.2. The Morgan fingerprint density at radius 2 is 1.95 bits per heavy atom. The van der Waals surface area contributed by atoms with Crippen LogP contribution in [0.25, 0.3) is 0 Å². The molecule has 0 radical (unpaired) electrons. The van der Waals surface area contributed by atoms with E-state index in [9.17, 15) is 9.59 Å². The van der Waals surface area contributed by atoms with Gasteiger partial charge in [0.1, 0.15) is 12.2 Å². The molecule has 1 heterocycles. The average molecular weight is 291 g/mol. The number of amides is 1. The minimum atomic E-state index is -0.990. The van der Waals surface area contributed by atoms with E-state index in [1.54, 1.807) is 4.90 Å². The average Bonchev–Trinajstić information content (AvgIpc) is 2.37. The predicted molar refractivity (Wildman–Crippen MR) is 78.2 cm³/mol. The van der Waals surface area contributed by atoms with E-state index in [1.807, 2.05) is 39.0 Å². The van der Waals surface area contributed by atoms with Crippen LogP contribution in [0, 0.1) is 13.8 Å². The molecule has 5 nitrogen and oxygen atoms in total. The lowest BCUT2D eigenvalue weighted by Gasteiger charge is -2.47. The molecule has 0 spiro atoms. The summed E-state index contributed by atoms with van der Waals surface area (Å²) in [5.74, 6) is -0.939. The molecule has 0 aliphatic carbocycles. The van der Waals surface area contributed by atoms with Crippen molar-refractivity contribution in [1.82, 2.24) is 4.90 Å². The zero-order valence-electron chi connectivity index (χ0n) is 12.7. The van der Waals surface area contributed by atoms with Gasteiger partial charge in [0.15, 0.2) is 0 Å². The Hall–Kier alpha value is -1.88. The third-order valence-electron chi connectivity index (χ3n) is 3.87. The standard InChI is InChI=1S/C16H21NO4/c1-11-4-5-13(6-12(11)2)7-14(18)17-9-16(3,10-17)21-8-15(19)20/h4-6H,7-10H2,1-3H3,(H,19,20). The lowest BCUT2D eigenvalue weighted by molar-refractivity contribution is -0.172. The number of carboxylic acids is 1. The van der Waals surface area contributed by atoms with Gasteiger partial charge < -0.3 is 14.7 Å². The molecule has 114 valence electrons. The highest BCUT2D eigenvalue weighted by atomic mass is 16.5. The molecule has 1 N–H and O–H groups in total. The summed E-state index contributed by atoms with van der Waals surface area (Å²) >= 11 is 0. The fraction of sp³-hybridized carbons (Fsp3) is 0.500. The molecule has 1 aliphatic heterocycles. The van der Waals surface area contributed by atoms with Gasteiger partial charge in [0.25, 0.3) is 0 Å². The van der Waals surface area contributed by atoms with Crippen LogP contribution in [0.4, 0.5) is 0 Å². The van der Waals surface area contributed by atoms with E-state index in [1.165, 1.54) is 11.1 Å². The zero-order valence-corrected chi connectivity index (χ0v) is 12.7. The summed E-state index contributed by atoms with van der Waals surface area (Å²) in [6.45, 7) is 6.48. The summed E-state index contributed by atoms with van der Waals surface area (Å²) in [5.41, 5.74) is 2.86. The van der Waals surface area contributed by atoms with Crippen LogP contribution in [-0.4, -0.2) is 47.2 Å². The molecular weight excluding hydrogens is 270 g/mol. The Morgan fingerprint density at radius 1 is 1.29 bits per heavy atom. The molecule has 1 amide bonds. The van der Waals surface area contributed by atoms with Crippen molar-refractivity contribution in [3.05, 3.63) is 34.9 Å². The van der Waals surface area contributed by atoms with Crippen molar-refractivity contribution in [2.24, 2.45) is 0 Å². The van der Waals surface area contributed by atoms with E-state index in [0.29, 0.717) is 19.5 Å². The van der Waals surface area contributed by atoms with Crippen LogP contribution in [0.1, 0.15) is 23.6 Å². The highest BCUT2D eigenvalue weighted by molar-refractivity contribution is 5.80. The minimum absolute atomic E-state index is 0.0506. The van der Waals surface area contributed by atoms with Crippen LogP contribution in [0.5, 0.6) is 0 Å². The fourth-order valence-corrected chi connectivity index (χ4v) is 2.46. The largest absolute Gasteiger partial charge is 0.480 e. The zero-order chi connectivity index (χ0) is 15.6. The molecule has 2 rings (SSSR count). The van der Waals surface area contributed by atoms with E-state index in [4.69, 9.17) is 9.84 Å². The molecule has 1 aliphatic rings. The Kier molecular flexibility index (Phi) is 4.32. The number of aryl methyl sites for hydroxylation is 2. The summed E-state index contributed by atoms with van der Waals surface area (Å²) in [4.78, 5) is 24.4. The van der Waals surface area contributed by atoms with E-state index >= 15 is 0 Å². The van der Waals surface area contributed by atoms with Gasteiger partial charge >= 0.3 is 5.97 Å². The second-order valence-electron chi connectivity index (χ2n) is 5.98. The molecule has 0 saturated carbocycles. The Balaban J connectivity index is 1.86. The molecule has 21 heavy (non-hydrogen) atoms. The first-order chi connectivity index (χ1) is 9.79. The maximum Gasteiger partial charge on any atom is 0.329 e. The van der Waals surface area contributed by atoms with E-state index < -0.39 is 11.6 Å². The number of ether oxygens (including phenoxy) is 1. The summed E-state index contributed by atoms with van der Waals surface area (Å²) in [6, 6.07) is 6.03. The summed E-state index contributed by atoms with van der Waals surface area (Å²) in [5, 5.41) is 8.61. The van der Waals surface area contributed by atoms with Gasteiger partial charge in [0.2, 0.25) is 5.91 Å². The van der Waals surface area contributed by atoms with Gasteiger partial charge in [-0.3, -0.25) is 4.79 Å². The number of likely N-dealkylation sites (tertiary alicyclic amines) is 1. The molecule has 1 aromatic carbocycles. The van der Waals surface area contributed by atoms with Crippen molar-refractivity contribution >= 4 is 11.9 Å². The minimum Gasteiger partial charge on any atom is -0.480 e. The second-order valence-corrected chi connectivity index (χ2v) is 5.98. The lowest BCUT2D eigenvalue weighted by Crippen LogP contribution is -2.63. The summed E-state index contributed by atoms with van der Waals surface area (Å²) in [7, 11) is 0. The lowest BCUT2D eigenvalue weighted by atomic mass is 9.95. The molecular formula is C16H21NO4. The predicted octanol–water partition coefficient (Wildman–Crippen LogP) is 1.55. The number of carbonyl (C=O) groups excluding carboxylic acids is 1. The maximum atomic E-state index is 12.2. The Labute approximate surface area is 124 Å². The first-order valence-corrected chi connectivity index (χ1v) is 6.99. The Morgan fingerprint density at radius 3 is 2.52 bits per heavy atom. The number of hydrogen-bond acceptors (Lipinski definition) is 3. The number of carbonyl (C=O) groups is 2. The normalized spacial score (nSPS) is 16.4. The van der Waals surface area contributed by atoms with Crippen LogP contribution in [-0.2, 0) is 20.7 Å². The molecule has 5 heteroatoms. The monoisotopic (exact) mass is 291 g/mol. The molecule has 1 saturated heterocycles. The number of rotatable bonds is 5. The van der Waals surface area contributed by atoms with Gasteiger partial charge in [-0.15, -0.1) is 0 Å². The van der Waals surface area contributed by atoms with Crippen molar-refractivity contribution in [1.29, 1.82) is 0 Å². The van der Waals surface area contributed by atoms with Crippen molar-refractivity contribution in [3.8, 4) is 0 Å². The quantitative estimate of drug-likeness (QED) is 0.894. The SMILES string of the molecule is Cc1ccc(CC(=O)N2CC(C)(OCC(=O)O)C2)cc1C. The molecule has 0 aromatic heterocycles. The van der Waals surface area contributed by atoms with Gasteiger partial charge in [0.05, 0.1) is 19.5 Å². The van der Waals surface area contributed by atoms with E-state index in [-0.39, 0.29) is 12.5 Å². The first-order valence-electron chi connectivity index (χ1n) is 6.99. The molecule has 0 unspecified atom stereocenters. The number of aliphatic carboxylic acids is 1. The molecule has 1 fully saturated rings. The van der Waals surface area contributed by atoms with E-state index in [0.717, 1.165) is 5.56 Å². The highest BCUT2D eigenvalue weighted by Gasteiger charge is 2.42. The van der Waals surface area contributed by atoms with Crippen LogP contribution in [0.3, 0.4) is 0 Å². The number of carboxylic acid groups (broad SMARTS) is 1. The van der Waals surface area contributed by atoms with Gasteiger partial charge in [-0.2, -0.15) is 0 Å². The van der Waals surface area contributed by atoms with Crippen LogP contribution < -0.4 is 0 Å².